The van der Waals surface area contributed by atoms with Gasteiger partial charge in [0.25, 0.3) is 0 Å². The molecular weight excluding hydrogens is 438 g/mol. The summed E-state index contributed by atoms with van der Waals surface area (Å²) in [6.07, 6.45) is 10.3. The van der Waals surface area contributed by atoms with Gasteiger partial charge in [-0.25, -0.2) is 0 Å². The fourth-order valence-electron chi connectivity index (χ4n) is 6.28. The van der Waals surface area contributed by atoms with Crippen LogP contribution in [0.1, 0.15) is 39.0 Å². The number of allylic oxidation sites excluding steroid dienone is 4. The Morgan fingerprint density at radius 1 is 1.29 bits per heavy atom. The smallest absolute Gasteiger partial charge is 0.247 e. The van der Waals surface area contributed by atoms with Gasteiger partial charge in [0.2, 0.25) is 11.8 Å². The standard InChI is InChI=1S/C28H35N5O2/c1-3-8-20-11-12-24-23(22(20)4-2)17-25(30-24)31-26(34)18-32-15-13-28(14-16-32)27(35)29-19-33(28)21-9-6-5-7-10-21/h3-10,23-24H,1,11-19H2,2H3,(H,29,35)(H,30,31,34)/b20-8-,22-4+. The van der Waals surface area contributed by atoms with E-state index in [2.05, 4.69) is 58.2 Å². The number of anilines is 1. The van der Waals surface area contributed by atoms with Gasteiger partial charge >= 0.3 is 0 Å². The molecule has 2 saturated heterocycles. The number of amides is 2. The van der Waals surface area contributed by atoms with E-state index in [-0.39, 0.29) is 17.9 Å². The second-order valence-electron chi connectivity index (χ2n) is 9.95. The molecule has 1 aromatic carbocycles. The van der Waals surface area contributed by atoms with Crippen molar-refractivity contribution in [1.29, 1.82) is 0 Å². The van der Waals surface area contributed by atoms with E-state index in [1.807, 2.05) is 24.3 Å². The Labute approximate surface area is 207 Å². The third-order valence-corrected chi connectivity index (χ3v) is 8.05. The van der Waals surface area contributed by atoms with Gasteiger partial charge in [-0.1, -0.05) is 43.0 Å². The molecule has 1 saturated carbocycles. The highest BCUT2D eigenvalue weighted by Crippen LogP contribution is 2.41. The average Bonchev–Trinajstić information content (AvgIpc) is 3.41. The van der Waals surface area contributed by atoms with Crippen LogP contribution in [0.25, 0.3) is 0 Å². The van der Waals surface area contributed by atoms with Gasteiger partial charge < -0.3 is 15.5 Å². The van der Waals surface area contributed by atoms with E-state index in [0.29, 0.717) is 45.1 Å². The van der Waals surface area contributed by atoms with Gasteiger partial charge in [-0.2, -0.15) is 0 Å². The van der Waals surface area contributed by atoms with Crippen molar-refractivity contribution >= 4 is 23.3 Å². The van der Waals surface area contributed by atoms with Crippen LogP contribution in [0.3, 0.4) is 0 Å². The first-order valence-corrected chi connectivity index (χ1v) is 12.7. The van der Waals surface area contributed by atoms with E-state index in [4.69, 9.17) is 4.99 Å². The fourth-order valence-corrected chi connectivity index (χ4v) is 6.28. The molecule has 7 nitrogen and oxygen atoms in total. The summed E-state index contributed by atoms with van der Waals surface area (Å²) in [4.78, 5) is 34.9. The summed E-state index contributed by atoms with van der Waals surface area (Å²) in [6.45, 7) is 8.21. The number of aliphatic imine (C=N–C) groups is 1. The number of fused-ring (bicyclic) bond motifs is 1. The Morgan fingerprint density at radius 3 is 2.77 bits per heavy atom. The van der Waals surface area contributed by atoms with Crippen molar-refractivity contribution < 1.29 is 9.59 Å². The lowest BCUT2D eigenvalue weighted by Gasteiger charge is -2.43. The fraction of sp³-hybridized carbons (Fsp3) is 0.464. The van der Waals surface area contributed by atoms with Crippen LogP contribution in [0.4, 0.5) is 5.69 Å². The third-order valence-electron chi connectivity index (χ3n) is 8.05. The van der Waals surface area contributed by atoms with Gasteiger partial charge in [0.1, 0.15) is 11.4 Å². The maximum Gasteiger partial charge on any atom is 0.247 e. The lowest BCUT2D eigenvalue weighted by molar-refractivity contribution is -0.125. The highest BCUT2D eigenvalue weighted by atomic mass is 16.2. The molecule has 3 aliphatic heterocycles. The summed E-state index contributed by atoms with van der Waals surface area (Å²) in [5.41, 5.74) is 3.21. The van der Waals surface area contributed by atoms with Gasteiger partial charge in [-0.3, -0.25) is 19.5 Å². The number of rotatable bonds is 4. The van der Waals surface area contributed by atoms with Crippen molar-refractivity contribution in [3.63, 3.8) is 0 Å². The zero-order valence-electron chi connectivity index (χ0n) is 20.5. The second-order valence-corrected chi connectivity index (χ2v) is 9.95. The number of hydrogen-bond donors (Lipinski definition) is 2. The number of nitrogens with zero attached hydrogens (tertiary/aromatic N) is 3. The van der Waals surface area contributed by atoms with Gasteiger partial charge in [0.15, 0.2) is 0 Å². The molecule has 35 heavy (non-hydrogen) atoms. The predicted molar refractivity (Wildman–Crippen MR) is 139 cm³/mol. The molecule has 0 radical (unpaired) electrons. The topological polar surface area (TPSA) is 77.0 Å². The summed E-state index contributed by atoms with van der Waals surface area (Å²) in [7, 11) is 0. The zero-order valence-corrected chi connectivity index (χ0v) is 20.5. The van der Waals surface area contributed by atoms with Crippen LogP contribution in [0.2, 0.25) is 0 Å². The number of likely N-dealkylation sites (tertiary alicyclic amines) is 1. The summed E-state index contributed by atoms with van der Waals surface area (Å²) in [5, 5.41) is 6.13. The number of carbonyl (C=O) groups is 2. The van der Waals surface area contributed by atoms with E-state index in [9.17, 15) is 9.59 Å². The molecule has 7 heteroatoms. The Kier molecular flexibility index (Phi) is 6.60. The molecule has 2 amide bonds. The summed E-state index contributed by atoms with van der Waals surface area (Å²) in [6, 6.07) is 10.3. The first-order chi connectivity index (χ1) is 17.0. The van der Waals surface area contributed by atoms with Crippen LogP contribution >= 0.6 is 0 Å². The number of amidine groups is 1. The molecule has 3 fully saturated rings. The Morgan fingerprint density at radius 2 is 2.06 bits per heavy atom. The number of hydrogen-bond acceptors (Lipinski definition) is 5. The van der Waals surface area contributed by atoms with E-state index in [1.54, 1.807) is 0 Å². The molecule has 2 N–H and O–H groups in total. The summed E-state index contributed by atoms with van der Waals surface area (Å²) in [5.74, 6) is 1.23. The van der Waals surface area contributed by atoms with Crippen LogP contribution in [0.5, 0.6) is 0 Å². The minimum atomic E-state index is -0.529. The summed E-state index contributed by atoms with van der Waals surface area (Å²) < 4.78 is 0. The summed E-state index contributed by atoms with van der Waals surface area (Å²) >= 11 is 0. The number of carbonyl (C=O) groups excluding carboxylic acids is 2. The van der Waals surface area contributed by atoms with Crippen LogP contribution in [0, 0.1) is 5.92 Å². The maximum absolute atomic E-state index is 12.9. The molecule has 0 bridgehead atoms. The lowest BCUT2D eigenvalue weighted by atomic mass is 9.77. The minimum absolute atomic E-state index is 0.0157. The van der Waals surface area contributed by atoms with E-state index >= 15 is 0 Å². The van der Waals surface area contributed by atoms with Crippen molar-refractivity contribution in [1.82, 2.24) is 15.5 Å². The molecule has 1 aliphatic carbocycles. The van der Waals surface area contributed by atoms with Gasteiger partial charge in [-0.15, -0.1) is 0 Å². The van der Waals surface area contributed by atoms with Crippen LogP contribution < -0.4 is 15.5 Å². The third kappa shape index (κ3) is 4.45. The normalized spacial score (nSPS) is 28.2. The average molecular weight is 474 g/mol. The zero-order chi connectivity index (χ0) is 24.4. The first kappa shape index (κ1) is 23.5. The largest absolute Gasteiger partial charge is 0.339 e. The molecule has 1 aromatic rings. The number of benzene rings is 1. The molecule has 5 rings (SSSR count). The van der Waals surface area contributed by atoms with E-state index in [1.165, 1.54) is 11.1 Å². The van der Waals surface area contributed by atoms with Crippen molar-refractivity contribution in [2.75, 3.05) is 31.2 Å². The second kappa shape index (κ2) is 9.82. The predicted octanol–water partition coefficient (Wildman–Crippen LogP) is 3.17. The van der Waals surface area contributed by atoms with Crippen molar-refractivity contribution in [3.05, 3.63) is 66.3 Å². The number of piperidine rings is 1. The van der Waals surface area contributed by atoms with Crippen molar-refractivity contribution in [2.45, 2.75) is 50.6 Å². The molecule has 4 aliphatic rings. The van der Waals surface area contributed by atoms with E-state index in [0.717, 1.165) is 30.8 Å². The minimum Gasteiger partial charge on any atom is -0.339 e. The molecule has 0 aromatic heterocycles. The molecule has 1 spiro atoms. The van der Waals surface area contributed by atoms with Crippen molar-refractivity contribution in [2.24, 2.45) is 10.9 Å². The molecule has 2 atom stereocenters. The van der Waals surface area contributed by atoms with E-state index < -0.39 is 5.54 Å². The highest BCUT2D eigenvalue weighted by Gasteiger charge is 2.50. The number of para-hydroxylation sites is 1. The van der Waals surface area contributed by atoms with Crippen LogP contribution in [-0.2, 0) is 9.59 Å². The molecular formula is C28H35N5O2. The van der Waals surface area contributed by atoms with Gasteiger partial charge in [-0.05, 0) is 55.9 Å². The molecule has 3 heterocycles. The Hall–Kier alpha value is -3.19. The van der Waals surface area contributed by atoms with Crippen LogP contribution in [0.15, 0.2) is 71.3 Å². The number of nitrogens with one attached hydrogen (secondary N) is 2. The molecule has 184 valence electrons. The highest BCUT2D eigenvalue weighted by molar-refractivity contribution is 6.00. The van der Waals surface area contributed by atoms with Gasteiger partial charge in [0.05, 0.1) is 19.3 Å². The maximum atomic E-state index is 12.9. The SMILES string of the molecule is C=C/C=C1/CCC2N=C(NC(=O)CN3CCC4(CC3)C(=O)NCN4c3ccccc3)CC2/C1=C/C. The van der Waals surface area contributed by atoms with Crippen LogP contribution in [-0.4, -0.2) is 60.4 Å². The lowest BCUT2D eigenvalue weighted by Crippen LogP contribution is -2.57. The Balaban J connectivity index is 1.17. The van der Waals surface area contributed by atoms with Crippen molar-refractivity contribution in [3.8, 4) is 0 Å². The monoisotopic (exact) mass is 473 g/mol. The quantitative estimate of drug-likeness (QED) is 0.704. The first-order valence-electron chi connectivity index (χ1n) is 12.7. The Bertz CT molecular complexity index is 1080. The van der Waals surface area contributed by atoms with Gasteiger partial charge in [0, 0.05) is 31.1 Å². The molecule has 2 unspecified atom stereocenters.